The van der Waals surface area contributed by atoms with Crippen LogP contribution in [0.5, 0.6) is 17.2 Å². The Bertz CT molecular complexity index is 1760. The van der Waals surface area contributed by atoms with Crippen LogP contribution in [-0.4, -0.2) is 41.6 Å². The van der Waals surface area contributed by atoms with Gasteiger partial charge in [0.2, 0.25) is 0 Å². The highest BCUT2D eigenvalue weighted by atomic mass is 32.1. The molecule has 2 atom stereocenters. The number of rotatable bonds is 9. The molecule has 43 heavy (non-hydrogen) atoms. The number of fused-ring (bicyclic) bond motifs is 2. The average Bonchev–Trinajstić information content (AvgIpc) is 3.66. The topological polar surface area (TPSA) is 98.2 Å². The predicted molar refractivity (Wildman–Crippen MR) is 167 cm³/mol. The highest BCUT2D eigenvalue weighted by molar-refractivity contribution is 7.22. The zero-order valence-corrected chi connectivity index (χ0v) is 25.5. The Labute approximate surface area is 254 Å². The van der Waals surface area contributed by atoms with Crippen molar-refractivity contribution in [3.05, 3.63) is 82.4 Å². The summed E-state index contributed by atoms with van der Waals surface area (Å²) >= 11 is 1.33. The Hall–Kier alpha value is -4.37. The second-order valence-corrected chi connectivity index (χ2v) is 12.1. The number of ether oxygens (including phenoxy) is 3. The standard InChI is InChI=1S/C34H34N2O6S/c1-5-6-7-14-41-26-13-9-21(18-27(26)40-4)30-29(31(37)22-10-12-25-23(17-22)16-20(3)42-25)32(38)33(39)36(30)34-35-24-11-8-19(2)15-28(24)43-34/h8-13,15,17-18,20,30,37H,5-7,14,16H2,1-4H3/b31-29+. The first-order valence-electron chi connectivity index (χ1n) is 14.6. The van der Waals surface area contributed by atoms with Crippen molar-refractivity contribution in [2.75, 3.05) is 18.6 Å². The van der Waals surface area contributed by atoms with Crippen LogP contribution in [0, 0.1) is 6.92 Å². The van der Waals surface area contributed by atoms with Crippen molar-refractivity contribution >= 4 is 44.1 Å². The van der Waals surface area contributed by atoms with E-state index in [-0.39, 0.29) is 17.4 Å². The third-order valence-electron chi connectivity index (χ3n) is 7.86. The van der Waals surface area contributed by atoms with E-state index in [0.29, 0.717) is 40.8 Å². The Morgan fingerprint density at radius 1 is 1.09 bits per heavy atom. The molecule has 1 saturated heterocycles. The highest BCUT2D eigenvalue weighted by Crippen LogP contribution is 2.46. The zero-order chi connectivity index (χ0) is 30.2. The Morgan fingerprint density at radius 2 is 1.93 bits per heavy atom. The number of aryl methyl sites for hydroxylation is 1. The molecular formula is C34H34N2O6S. The van der Waals surface area contributed by atoms with Gasteiger partial charge in [-0.05, 0) is 79.4 Å². The normalized spacial score (nSPS) is 19.1. The monoisotopic (exact) mass is 598 g/mol. The van der Waals surface area contributed by atoms with E-state index >= 15 is 0 Å². The van der Waals surface area contributed by atoms with Gasteiger partial charge in [-0.3, -0.25) is 14.5 Å². The van der Waals surface area contributed by atoms with Gasteiger partial charge in [0.05, 0.1) is 35.5 Å². The molecule has 1 aromatic heterocycles. The molecule has 1 N–H and O–H groups in total. The summed E-state index contributed by atoms with van der Waals surface area (Å²) in [6.07, 6.45) is 3.78. The van der Waals surface area contributed by atoms with E-state index in [4.69, 9.17) is 19.2 Å². The lowest BCUT2D eigenvalue weighted by molar-refractivity contribution is -0.132. The lowest BCUT2D eigenvalue weighted by Gasteiger charge is -2.24. The van der Waals surface area contributed by atoms with Gasteiger partial charge in [-0.25, -0.2) is 4.98 Å². The van der Waals surface area contributed by atoms with Gasteiger partial charge in [-0.2, -0.15) is 0 Å². The van der Waals surface area contributed by atoms with Crippen LogP contribution in [0.25, 0.3) is 16.0 Å². The lowest BCUT2D eigenvalue weighted by atomic mass is 9.94. The maximum Gasteiger partial charge on any atom is 0.301 e. The van der Waals surface area contributed by atoms with Gasteiger partial charge in [0.15, 0.2) is 16.6 Å². The summed E-state index contributed by atoms with van der Waals surface area (Å²) in [5, 5.41) is 12.1. The summed E-state index contributed by atoms with van der Waals surface area (Å²) < 4.78 is 18.4. The van der Waals surface area contributed by atoms with E-state index in [9.17, 15) is 14.7 Å². The van der Waals surface area contributed by atoms with Gasteiger partial charge < -0.3 is 19.3 Å². The fraction of sp³-hybridized carbons (Fsp3) is 0.324. The number of amides is 1. The number of anilines is 1. The van der Waals surface area contributed by atoms with E-state index in [1.165, 1.54) is 16.2 Å². The van der Waals surface area contributed by atoms with Crippen LogP contribution < -0.4 is 19.1 Å². The van der Waals surface area contributed by atoms with E-state index in [1.807, 2.05) is 44.2 Å². The highest BCUT2D eigenvalue weighted by Gasteiger charge is 2.48. The van der Waals surface area contributed by atoms with Gasteiger partial charge in [0, 0.05) is 12.0 Å². The molecule has 9 heteroatoms. The minimum atomic E-state index is -0.937. The minimum absolute atomic E-state index is 0.00832. The van der Waals surface area contributed by atoms with Crippen LogP contribution in [0.2, 0.25) is 0 Å². The largest absolute Gasteiger partial charge is 0.507 e. The number of thiazole rings is 1. The molecular weight excluding hydrogens is 564 g/mol. The van der Waals surface area contributed by atoms with Crippen molar-refractivity contribution in [2.24, 2.45) is 0 Å². The molecule has 1 amide bonds. The first-order valence-corrected chi connectivity index (χ1v) is 15.4. The summed E-state index contributed by atoms with van der Waals surface area (Å²) in [5.41, 5.74) is 3.76. The average molecular weight is 599 g/mol. The number of aliphatic hydroxyl groups is 1. The van der Waals surface area contributed by atoms with Crippen LogP contribution >= 0.6 is 11.3 Å². The molecule has 3 heterocycles. The summed E-state index contributed by atoms with van der Waals surface area (Å²) in [6, 6.07) is 15.6. The fourth-order valence-electron chi connectivity index (χ4n) is 5.70. The number of nitrogens with zero attached hydrogens (tertiary/aromatic N) is 2. The molecule has 8 nitrogen and oxygen atoms in total. The summed E-state index contributed by atoms with van der Waals surface area (Å²) in [4.78, 5) is 33.6. The number of carbonyl (C=O) groups is 2. The number of carbonyl (C=O) groups excluding carboxylic acids is 2. The molecule has 0 bridgehead atoms. The smallest absolute Gasteiger partial charge is 0.301 e. The number of methoxy groups -OCH3 is 1. The van der Waals surface area contributed by atoms with Crippen molar-refractivity contribution < 1.29 is 28.9 Å². The van der Waals surface area contributed by atoms with Gasteiger partial charge >= 0.3 is 5.91 Å². The van der Waals surface area contributed by atoms with Crippen molar-refractivity contribution in [1.29, 1.82) is 0 Å². The number of unbranched alkanes of at least 4 members (excludes halogenated alkanes) is 2. The molecule has 0 spiro atoms. The number of hydrogen-bond donors (Lipinski definition) is 1. The van der Waals surface area contributed by atoms with Crippen LogP contribution in [-0.2, 0) is 16.0 Å². The third kappa shape index (κ3) is 5.33. The number of benzene rings is 3. The molecule has 3 aromatic carbocycles. The van der Waals surface area contributed by atoms with Crippen LogP contribution in [0.3, 0.4) is 0 Å². The van der Waals surface area contributed by atoms with Crippen molar-refractivity contribution in [3.8, 4) is 17.2 Å². The number of aromatic nitrogens is 1. The molecule has 0 saturated carbocycles. The second-order valence-electron chi connectivity index (χ2n) is 11.1. The second kappa shape index (κ2) is 11.7. The van der Waals surface area contributed by atoms with Crippen LogP contribution in [0.4, 0.5) is 5.13 Å². The summed E-state index contributed by atoms with van der Waals surface area (Å²) in [5.74, 6) is 0.0287. The number of aliphatic hydroxyl groups excluding tert-OH is 1. The number of hydrogen-bond acceptors (Lipinski definition) is 8. The van der Waals surface area contributed by atoms with Gasteiger partial charge in [-0.15, -0.1) is 0 Å². The quantitative estimate of drug-likeness (QED) is 0.0947. The van der Waals surface area contributed by atoms with E-state index in [1.54, 1.807) is 31.4 Å². The molecule has 6 rings (SSSR count). The van der Waals surface area contributed by atoms with Gasteiger partial charge in [-0.1, -0.05) is 43.2 Å². The minimum Gasteiger partial charge on any atom is -0.507 e. The molecule has 2 aliphatic heterocycles. The van der Waals surface area contributed by atoms with Gasteiger partial charge in [0.25, 0.3) is 5.78 Å². The molecule has 0 aliphatic carbocycles. The number of Topliss-reactive ketones (excluding diaryl/α,β-unsaturated/α-hetero) is 1. The molecule has 1 fully saturated rings. The summed E-state index contributed by atoms with van der Waals surface area (Å²) in [6.45, 7) is 6.66. The maximum absolute atomic E-state index is 13.8. The first kappa shape index (κ1) is 28.7. The Balaban J connectivity index is 1.48. The lowest BCUT2D eigenvalue weighted by Crippen LogP contribution is -2.29. The number of ketones is 1. The van der Waals surface area contributed by atoms with E-state index in [0.717, 1.165) is 46.4 Å². The van der Waals surface area contributed by atoms with E-state index < -0.39 is 17.7 Å². The van der Waals surface area contributed by atoms with E-state index in [2.05, 4.69) is 6.92 Å². The van der Waals surface area contributed by atoms with Crippen molar-refractivity contribution in [1.82, 2.24) is 4.98 Å². The summed E-state index contributed by atoms with van der Waals surface area (Å²) in [7, 11) is 1.55. The maximum atomic E-state index is 13.8. The predicted octanol–water partition coefficient (Wildman–Crippen LogP) is 7.13. The fourth-order valence-corrected chi connectivity index (χ4v) is 6.79. The molecule has 2 aliphatic rings. The molecule has 0 radical (unpaired) electrons. The Kier molecular flexibility index (Phi) is 7.83. The van der Waals surface area contributed by atoms with Gasteiger partial charge in [0.1, 0.15) is 17.6 Å². The Morgan fingerprint density at radius 3 is 2.72 bits per heavy atom. The molecule has 2 unspecified atom stereocenters. The first-order chi connectivity index (χ1) is 20.8. The molecule has 4 aromatic rings. The van der Waals surface area contributed by atoms with Crippen LogP contribution in [0.1, 0.15) is 61.4 Å². The molecule has 222 valence electrons. The third-order valence-corrected chi connectivity index (χ3v) is 8.88. The zero-order valence-electron chi connectivity index (χ0n) is 24.7. The van der Waals surface area contributed by atoms with Crippen LogP contribution in [0.15, 0.2) is 60.2 Å². The van der Waals surface area contributed by atoms with Crippen molar-refractivity contribution in [3.63, 3.8) is 0 Å². The van der Waals surface area contributed by atoms with Crippen molar-refractivity contribution in [2.45, 2.75) is 58.6 Å². The SMILES string of the molecule is CCCCCOc1ccc(C2/C(=C(\O)c3ccc4c(c3)CC(C)O4)C(=O)C(=O)N2c2nc3ccc(C)cc3s2)cc1OC.